The summed E-state index contributed by atoms with van der Waals surface area (Å²) in [6.07, 6.45) is 3.26. The molecule has 1 aromatic heterocycles. The highest BCUT2D eigenvalue weighted by atomic mass is 32.1. The number of carbonyl (C=O) groups is 2. The molecule has 0 saturated carbocycles. The molecule has 0 fully saturated rings. The van der Waals surface area contributed by atoms with Gasteiger partial charge in [-0.2, -0.15) is 0 Å². The minimum atomic E-state index is -0.804. The summed E-state index contributed by atoms with van der Waals surface area (Å²) in [7, 11) is 1.30. The predicted octanol–water partition coefficient (Wildman–Crippen LogP) is 4.33. The number of carbonyl (C=O) groups excluding carboxylic acids is 2. The Labute approximate surface area is 246 Å². The first-order chi connectivity index (χ1) is 20.4. The summed E-state index contributed by atoms with van der Waals surface area (Å²) < 4.78 is 18.0. The highest BCUT2D eigenvalue weighted by Gasteiger charge is 2.33. The average Bonchev–Trinajstić information content (AvgIpc) is 3.32. The number of fused-ring (bicyclic) bond motifs is 1. The van der Waals surface area contributed by atoms with E-state index in [0.717, 1.165) is 11.1 Å². The van der Waals surface area contributed by atoms with E-state index in [1.165, 1.54) is 29.1 Å². The lowest BCUT2D eigenvalue weighted by Gasteiger charge is -2.24. The molecular formula is C33H28N2O6S. The van der Waals surface area contributed by atoms with Gasteiger partial charge in [0.15, 0.2) is 4.80 Å². The molecule has 8 nitrogen and oxygen atoms in total. The minimum Gasteiger partial charge on any atom is -0.489 e. The Hall–Kier alpha value is -5.02. The molecule has 2 heterocycles. The first kappa shape index (κ1) is 28.5. The molecule has 1 atom stereocenters. The Morgan fingerprint density at radius 2 is 1.71 bits per heavy atom. The van der Waals surface area contributed by atoms with Gasteiger partial charge in [0.2, 0.25) is 0 Å². The Balaban J connectivity index is 1.51. The largest absolute Gasteiger partial charge is 0.489 e. The molecule has 0 spiro atoms. The molecule has 212 valence electrons. The van der Waals surface area contributed by atoms with E-state index in [-0.39, 0.29) is 17.7 Å². The van der Waals surface area contributed by atoms with Gasteiger partial charge in [-0.05, 0) is 54.0 Å². The summed E-state index contributed by atoms with van der Waals surface area (Å²) in [4.78, 5) is 44.1. The van der Waals surface area contributed by atoms with E-state index in [0.29, 0.717) is 38.5 Å². The fraction of sp³-hybridized carbons (Fsp3) is 0.152. The summed E-state index contributed by atoms with van der Waals surface area (Å²) >= 11 is 1.23. The molecule has 4 aromatic rings. The summed E-state index contributed by atoms with van der Waals surface area (Å²) in [5.41, 5.74) is 3.23. The lowest BCUT2D eigenvalue weighted by molar-refractivity contribution is -0.138. The molecule has 0 bridgehead atoms. The van der Waals surface area contributed by atoms with Crippen molar-refractivity contribution < 1.29 is 23.8 Å². The number of thiazole rings is 1. The Bertz CT molecular complexity index is 1840. The maximum absolute atomic E-state index is 13.8. The monoisotopic (exact) mass is 580 g/mol. The lowest BCUT2D eigenvalue weighted by Crippen LogP contribution is -2.40. The number of benzene rings is 3. The zero-order chi connectivity index (χ0) is 29.6. The molecule has 0 amide bonds. The molecule has 3 aromatic carbocycles. The molecule has 0 aliphatic carbocycles. The highest BCUT2D eigenvalue weighted by Crippen LogP contribution is 2.31. The minimum absolute atomic E-state index is 0.0130. The van der Waals surface area contributed by atoms with Crippen molar-refractivity contribution in [1.29, 1.82) is 0 Å². The van der Waals surface area contributed by atoms with Gasteiger partial charge in [0, 0.05) is 0 Å². The number of aromatic nitrogens is 1. The van der Waals surface area contributed by atoms with Gasteiger partial charge >= 0.3 is 11.9 Å². The zero-order valence-corrected chi connectivity index (χ0v) is 23.9. The summed E-state index contributed by atoms with van der Waals surface area (Å²) in [6, 6.07) is 23.2. The molecule has 5 rings (SSSR count). The fourth-order valence-corrected chi connectivity index (χ4v) is 5.63. The molecule has 1 aliphatic heterocycles. The van der Waals surface area contributed by atoms with Crippen LogP contribution in [-0.2, 0) is 20.9 Å². The summed E-state index contributed by atoms with van der Waals surface area (Å²) in [5.74, 6) is -0.371. The topological polar surface area (TPSA) is 96.2 Å². The molecular weight excluding hydrogens is 552 g/mol. The maximum Gasteiger partial charge on any atom is 0.338 e. The van der Waals surface area contributed by atoms with E-state index in [4.69, 9.17) is 14.2 Å². The van der Waals surface area contributed by atoms with Crippen LogP contribution >= 0.6 is 11.3 Å². The molecule has 1 unspecified atom stereocenters. The van der Waals surface area contributed by atoms with Crippen molar-refractivity contribution in [2.45, 2.75) is 19.6 Å². The van der Waals surface area contributed by atoms with Crippen LogP contribution in [0.5, 0.6) is 5.75 Å². The summed E-state index contributed by atoms with van der Waals surface area (Å²) in [5, 5.41) is 0. The first-order valence-corrected chi connectivity index (χ1v) is 14.0. The van der Waals surface area contributed by atoms with E-state index >= 15 is 0 Å². The second-order valence-corrected chi connectivity index (χ2v) is 10.4. The number of ether oxygens (including phenoxy) is 3. The van der Waals surface area contributed by atoms with Crippen molar-refractivity contribution in [3.63, 3.8) is 0 Å². The van der Waals surface area contributed by atoms with E-state index in [1.807, 2.05) is 54.6 Å². The van der Waals surface area contributed by atoms with Crippen LogP contribution in [0.4, 0.5) is 0 Å². The Kier molecular flexibility index (Phi) is 8.59. The third-order valence-electron chi connectivity index (χ3n) is 6.65. The van der Waals surface area contributed by atoms with Crippen LogP contribution in [0.1, 0.15) is 40.0 Å². The van der Waals surface area contributed by atoms with Gasteiger partial charge in [-0.1, -0.05) is 78.6 Å². The van der Waals surface area contributed by atoms with Crippen LogP contribution in [-0.4, -0.2) is 30.2 Å². The SMILES string of the molecule is C=CCOC(=O)C1=C(C)N=c2sc(=Cc3ccc(OCc4ccccc4)cc3)c(=O)n2C1c1ccc(C(=O)OC)cc1. The number of hydrogen-bond acceptors (Lipinski definition) is 8. The van der Waals surface area contributed by atoms with Crippen LogP contribution in [0.25, 0.3) is 6.08 Å². The van der Waals surface area contributed by atoms with Gasteiger partial charge in [-0.25, -0.2) is 14.6 Å². The standard InChI is InChI=1S/C33H28N2O6S/c1-4-18-40-32(38)28-21(2)34-33-35(29(28)24-12-14-25(15-13-24)31(37)39-3)30(36)27(42-33)19-22-10-16-26(17-11-22)41-20-23-8-6-5-7-9-23/h4-17,19,29H,1,18,20H2,2-3H3. The van der Waals surface area contributed by atoms with Gasteiger partial charge in [-0.3, -0.25) is 9.36 Å². The third-order valence-corrected chi connectivity index (χ3v) is 7.63. The second-order valence-electron chi connectivity index (χ2n) is 9.43. The number of allylic oxidation sites excluding steroid dienone is 1. The lowest BCUT2D eigenvalue weighted by atomic mass is 9.95. The number of hydrogen-bond donors (Lipinski definition) is 0. The highest BCUT2D eigenvalue weighted by molar-refractivity contribution is 7.07. The van der Waals surface area contributed by atoms with Gasteiger partial charge in [0.1, 0.15) is 19.0 Å². The van der Waals surface area contributed by atoms with Gasteiger partial charge < -0.3 is 14.2 Å². The van der Waals surface area contributed by atoms with Crippen molar-refractivity contribution >= 4 is 29.4 Å². The van der Waals surface area contributed by atoms with Crippen molar-refractivity contribution in [3.8, 4) is 5.75 Å². The average molecular weight is 581 g/mol. The third kappa shape index (κ3) is 6.01. The van der Waals surface area contributed by atoms with Crippen LogP contribution in [0.15, 0.2) is 113 Å². The Morgan fingerprint density at radius 1 is 1.00 bits per heavy atom. The van der Waals surface area contributed by atoms with E-state index in [2.05, 4.69) is 11.6 Å². The molecule has 42 heavy (non-hydrogen) atoms. The fourth-order valence-electron chi connectivity index (χ4n) is 4.58. The number of methoxy groups -OCH3 is 1. The van der Waals surface area contributed by atoms with Crippen LogP contribution in [0.3, 0.4) is 0 Å². The van der Waals surface area contributed by atoms with E-state index < -0.39 is 18.0 Å². The molecule has 1 aliphatic rings. The number of rotatable bonds is 9. The van der Waals surface area contributed by atoms with Crippen molar-refractivity contribution in [1.82, 2.24) is 4.57 Å². The smallest absolute Gasteiger partial charge is 0.338 e. The van der Waals surface area contributed by atoms with E-state index in [9.17, 15) is 14.4 Å². The molecule has 0 saturated heterocycles. The maximum atomic E-state index is 13.8. The molecule has 0 radical (unpaired) electrons. The molecule has 0 N–H and O–H groups in total. The van der Waals surface area contributed by atoms with Crippen molar-refractivity contribution in [2.24, 2.45) is 4.99 Å². The summed E-state index contributed by atoms with van der Waals surface area (Å²) in [6.45, 7) is 5.79. The van der Waals surface area contributed by atoms with Crippen LogP contribution in [0.2, 0.25) is 0 Å². The van der Waals surface area contributed by atoms with Crippen LogP contribution < -0.4 is 19.6 Å². The number of nitrogens with zero attached hydrogens (tertiary/aromatic N) is 2. The quantitative estimate of drug-likeness (QED) is 0.216. The van der Waals surface area contributed by atoms with Gasteiger partial charge in [0.25, 0.3) is 5.56 Å². The van der Waals surface area contributed by atoms with Gasteiger partial charge in [0.05, 0.1) is 34.5 Å². The van der Waals surface area contributed by atoms with Crippen molar-refractivity contribution in [3.05, 3.63) is 145 Å². The second kappa shape index (κ2) is 12.7. The zero-order valence-electron chi connectivity index (χ0n) is 23.1. The normalized spacial score (nSPS) is 14.5. The van der Waals surface area contributed by atoms with Crippen molar-refractivity contribution in [2.75, 3.05) is 13.7 Å². The Morgan fingerprint density at radius 3 is 2.38 bits per heavy atom. The predicted molar refractivity (Wildman–Crippen MR) is 160 cm³/mol. The van der Waals surface area contributed by atoms with Gasteiger partial charge in [-0.15, -0.1) is 0 Å². The number of esters is 2. The van der Waals surface area contributed by atoms with Crippen LogP contribution in [0, 0.1) is 0 Å². The molecule has 9 heteroatoms. The van der Waals surface area contributed by atoms with E-state index in [1.54, 1.807) is 37.3 Å². The first-order valence-electron chi connectivity index (χ1n) is 13.1.